The van der Waals surface area contributed by atoms with E-state index in [4.69, 9.17) is 11.6 Å². The molecular weight excluding hydrogens is 392 g/mol. The second-order valence-corrected chi connectivity index (χ2v) is 7.28. The Labute approximate surface area is 170 Å². The first-order chi connectivity index (χ1) is 14.0. The van der Waals surface area contributed by atoms with E-state index in [2.05, 4.69) is 10.3 Å². The summed E-state index contributed by atoms with van der Waals surface area (Å²) in [4.78, 5) is 40.2. The number of carbonyl (C=O) groups is 1. The standard InChI is InChI=1S/C21H19ClN4O3/c1-25-17-4-2-3-5-18(17)26(21(29)20(25)28)12-19(27)23-9-8-13-11-24-16-7-6-14(22)10-15(13)16/h2-7,10-11,24H,8-9,12H2,1H3,(H,23,27). The van der Waals surface area contributed by atoms with Gasteiger partial charge < -0.3 is 14.9 Å². The number of aromatic amines is 1. The van der Waals surface area contributed by atoms with Crippen LogP contribution in [-0.2, 0) is 24.8 Å². The van der Waals surface area contributed by atoms with Gasteiger partial charge in [-0.25, -0.2) is 0 Å². The number of carbonyl (C=O) groups excluding carboxylic acids is 1. The number of aryl methyl sites for hydroxylation is 1. The molecule has 2 N–H and O–H groups in total. The van der Waals surface area contributed by atoms with Crippen molar-refractivity contribution >= 4 is 39.4 Å². The number of nitrogens with zero attached hydrogens (tertiary/aromatic N) is 2. The van der Waals surface area contributed by atoms with Gasteiger partial charge in [-0.15, -0.1) is 0 Å². The highest BCUT2D eigenvalue weighted by Gasteiger charge is 2.13. The van der Waals surface area contributed by atoms with Gasteiger partial charge in [0.15, 0.2) is 0 Å². The van der Waals surface area contributed by atoms with Crippen LogP contribution in [0.3, 0.4) is 0 Å². The van der Waals surface area contributed by atoms with E-state index < -0.39 is 11.1 Å². The molecule has 0 fully saturated rings. The average Bonchev–Trinajstić information content (AvgIpc) is 3.11. The van der Waals surface area contributed by atoms with Crippen molar-refractivity contribution < 1.29 is 4.79 Å². The van der Waals surface area contributed by atoms with Crippen LogP contribution < -0.4 is 16.4 Å². The van der Waals surface area contributed by atoms with Crippen molar-refractivity contribution in [2.24, 2.45) is 7.05 Å². The van der Waals surface area contributed by atoms with Crippen LogP contribution in [0.1, 0.15) is 5.56 Å². The Balaban J connectivity index is 1.50. The van der Waals surface area contributed by atoms with Crippen molar-refractivity contribution in [3.05, 3.63) is 80.0 Å². The zero-order valence-corrected chi connectivity index (χ0v) is 16.5. The maximum absolute atomic E-state index is 12.4. The maximum atomic E-state index is 12.4. The summed E-state index contributed by atoms with van der Waals surface area (Å²) in [6.07, 6.45) is 2.50. The van der Waals surface area contributed by atoms with Crippen LogP contribution in [0.25, 0.3) is 21.9 Å². The number of amides is 1. The number of nitrogens with one attached hydrogen (secondary N) is 2. The number of hydrogen-bond acceptors (Lipinski definition) is 3. The minimum Gasteiger partial charge on any atom is -0.361 e. The zero-order chi connectivity index (χ0) is 20.5. The summed E-state index contributed by atoms with van der Waals surface area (Å²) in [5.41, 5.74) is 1.79. The quantitative estimate of drug-likeness (QED) is 0.494. The Hall–Kier alpha value is -3.32. The summed E-state index contributed by atoms with van der Waals surface area (Å²) in [6.45, 7) is 0.185. The third kappa shape index (κ3) is 3.56. The fourth-order valence-electron chi connectivity index (χ4n) is 3.50. The second kappa shape index (κ2) is 7.60. The maximum Gasteiger partial charge on any atom is 0.317 e. The highest BCUT2D eigenvalue weighted by atomic mass is 35.5. The summed E-state index contributed by atoms with van der Waals surface area (Å²) < 4.78 is 2.52. The summed E-state index contributed by atoms with van der Waals surface area (Å²) >= 11 is 6.07. The van der Waals surface area contributed by atoms with Crippen molar-refractivity contribution in [3.63, 3.8) is 0 Å². The minimum atomic E-state index is -0.715. The van der Waals surface area contributed by atoms with Gasteiger partial charge in [0.05, 0.1) is 11.0 Å². The number of hydrogen-bond donors (Lipinski definition) is 2. The summed E-state index contributed by atoms with van der Waals surface area (Å²) in [7, 11) is 1.55. The van der Waals surface area contributed by atoms with Crippen molar-refractivity contribution in [2.45, 2.75) is 13.0 Å². The number of aromatic nitrogens is 3. The van der Waals surface area contributed by atoms with E-state index in [-0.39, 0.29) is 12.5 Å². The van der Waals surface area contributed by atoms with E-state index in [0.29, 0.717) is 29.0 Å². The largest absolute Gasteiger partial charge is 0.361 e. The first-order valence-electron chi connectivity index (χ1n) is 9.16. The molecule has 0 saturated heterocycles. The van der Waals surface area contributed by atoms with Crippen molar-refractivity contribution in [3.8, 4) is 0 Å². The molecule has 2 heterocycles. The number of benzene rings is 2. The highest BCUT2D eigenvalue weighted by Crippen LogP contribution is 2.22. The molecule has 148 valence electrons. The predicted molar refractivity (Wildman–Crippen MR) is 113 cm³/mol. The molecule has 0 bridgehead atoms. The highest BCUT2D eigenvalue weighted by molar-refractivity contribution is 6.31. The topological polar surface area (TPSA) is 88.9 Å². The SMILES string of the molecule is Cn1c(=O)c(=O)n(CC(=O)NCCc2c[nH]c3ccc(Cl)cc23)c2ccccc21. The third-order valence-corrected chi connectivity index (χ3v) is 5.25. The first kappa shape index (κ1) is 19.0. The fourth-order valence-corrected chi connectivity index (χ4v) is 3.68. The van der Waals surface area contributed by atoms with Crippen LogP contribution in [0.4, 0.5) is 0 Å². The Morgan fingerprint density at radius 3 is 2.66 bits per heavy atom. The van der Waals surface area contributed by atoms with Gasteiger partial charge in [-0.3, -0.25) is 19.0 Å². The van der Waals surface area contributed by atoms with Gasteiger partial charge in [-0.2, -0.15) is 0 Å². The molecule has 0 radical (unpaired) electrons. The van der Waals surface area contributed by atoms with Gasteiger partial charge in [0, 0.05) is 35.7 Å². The van der Waals surface area contributed by atoms with Gasteiger partial charge >= 0.3 is 11.1 Å². The Morgan fingerprint density at radius 1 is 1.10 bits per heavy atom. The molecule has 29 heavy (non-hydrogen) atoms. The normalized spacial score (nSPS) is 11.2. The molecule has 0 aliphatic heterocycles. The molecule has 4 aromatic rings. The number of fused-ring (bicyclic) bond motifs is 2. The second-order valence-electron chi connectivity index (χ2n) is 6.85. The third-order valence-electron chi connectivity index (χ3n) is 5.01. The van der Waals surface area contributed by atoms with Gasteiger partial charge in [-0.05, 0) is 42.3 Å². The van der Waals surface area contributed by atoms with Crippen molar-refractivity contribution in [1.29, 1.82) is 0 Å². The van der Waals surface area contributed by atoms with Crippen LogP contribution in [0.5, 0.6) is 0 Å². The molecule has 4 rings (SSSR count). The summed E-state index contributed by atoms with van der Waals surface area (Å²) in [6, 6.07) is 12.6. The molecule has 0 aliphatic carbocycles. The first-order valence-corrected chi connectivity index (χ1v) is 9.54. The summed E-state index contributed by atoms with van der Waals surface area (Å²) in [5, 5.41) is 4.49. The molecule has 0 saturated carbocycles. The van der Waals surface area contributed by atoms with Crippen molar-refractivity contribution in [1.82, 2.24) is 19.4 Å². The van der Waals surface area contributed by atoms with E-state index in [9.17, 15) is 14.4 Å². The number of H-pyrrole nitrogens is 1. The lowest BCUT2D eigenvalue weighted by molar-refractivity contribution is -0.121. The van der Waals surface area contributed by atoms with Crippen LogP contribution >= 0.6 is 11.6 Å². The van der Waals surface area contributed by atoms with E-state index in [0.717, 1.165) is 16.5 Å². The monoisotopic (exact) mass is 410 g/mol. The van der Waals surface area contributed by atoms with Gasteiger partial charge in [-0.1, -0.05) is 23.7 Å². The van der Waals surface area contributed by atoms with Gasteiger partial charge in [0.1, 0.15) is 6.54 Å². The van der Waals surface area contributed by atoms with Crippen LogP contribution in [0.15, 0.2) is 58.3 Å². The van der Waals surface area contributed by atoms with E-state index in [1.165, 1.54) is 9.13 Å². The number of para-hydroxylation sites is 2. The predicted octanol–water partition coefficient (Wildman–Crippen LogP) is 2.19. The Kier molecular flexibility index (Phi) is 4.98. The van der Waals surface area contributed by atoms with E-state index in [1.807, 2.05) is 24.4 Å². The lowest BCUT2D eigenvalue weighted by atomic mass is 10.1. The van der Waals surface area contributed by atoms with Crippen LogP contribution in [0, 0.1) is 0 Å². The Bertz CT molecular complexity index is 1350. The molecule has 0 aliphatic rings. The van der Waals surface area contributed by atoms with Crippen LogP contribution in [0.2, 0.25) is 5.02 Å². The van der Waals surface area contributed by atoms with Crippen molar-refractivity contribution in [2.75, 3.05) is 6.54 Å². The smallest absolute Gasteiger partial charge is 0.317 e. The molecule has 0 unspecified atom stereocenters. The minimum absolute atomic E-state index is 0.213. The van der Waals surface area contributed by atoms with Crippen LogP contribution in [-0.4, -0.2) is 26.6 Å². The Morgan fingerprint density at radius 2 is 1.86 bits per heavy atom. The number of halogens is 1. The molecular formula is C21H19ClN4O3. The number of rotatable bonds is 5. The fraction of sp³-hybridized carbons (Fsp3) is 0.190. The molecule has 8 heteroatoms. The van der Waals surface area contributed by atoms with Gasteiger partial charge in [0.2, 0.25) is 5.91 Å². The molecule has 2 aromatic carbocycles. The molecule has 0 atom stereocenters. The zero-order valence-electron chi connectivity index (χ0n) is 15.7. The molecule has 1 amide bonds. The molecule has 0 spiro atoms. The average molecular weight is 411 g/mol. The lowest BCUT2D eigenvalue weighted by Crippen LogP contribution is -2.43. The lowest BCUT2D eigenvalue weighted by Gasteiger charge is -2.12. The molecule has 2 aromatic heterocycles. The molecule has 7 nitrogen and oxygen atoms in total. The van der Waals surface area contributed by atoms with Gasteiger partial charge in [0.25, 0.3) is 0 Å². The van der Waals surface area contributed by atoms with E-state index in [1.54, 1.807) is 31.3 Å². The summed E-state index contributed by atoms with van der Waals surface area (Å²) in [5.74, 6) is -0.330. The van der Waals surface area contributed by atoms with E-state index >= 15 is 0 Å².